The summed E-state index contributed by atoms with van der Waals surface area (Å²) < 4.78 is 10.7. The van der Waals surface area contributed by atoms with Gasteiger partial charge in [0.05, 0.1) is 24.7 Å². The molecule has 0 bridgehead atoms. The van der Waals surface area contributed by atoms with Crippen LogP contribution in [-0.4, -0.2) is 48.2 Å². The quantitative estimate of drug-likeness (QED) is 0.578. The van der Waals surface area contributed by atoms with Gasteiger partial charge in [0.2, 0.25) is 0 Å². The molecule has 0 radical (unpaired) electrons. The number of hydrogen-bond acceptors (Lipinski definition) is 5. The van der Waals surface area contributed by atoms with Crippen molar-refractivity contribution < 1.29 is 24.5 Å². The largest absolute Gasteiger partial charge is 0.461 e. The van der Waals surface area contributed by atoms with Crippen molar-refractivity contribution in [3.05, 3.63) is 24.3 Å². The fourth-order valence-corrected chi connectivity index (χ4v) is 4.28. The van der Waals surface area contributed by atoms with E-state index < -0.39 is 24.2 Å². The Morgan fingerprint density at radius 2 is 2.10 bits per heavy atom. The van der Waals surface area contributed by atoms with Crippen molar-refractivity contribution in [2.75, 3.05) is 13.7 Å². The van der Waals surface area contributed by atoms with E-state index in [9.17, 15) is 15.0 Å². The van der Waals surface area contributed by atoms with E-state index >= 15 is 0 Å². The van der Waals surface area contributed by atoms with Crippen LogP contribution in [0.15, 0.2) is 24.3 Å². The number of ether oxygens (including phenoxy) is 2. The molecule has 3 aliphatic rings. The number of hydrogen-bond donors (Lipinski definition) is 2. The molecule has 7 unspecified atom stereocenters. The number of carbonyl (C=O) groups excluding carboxylic acids is 1. The molecule has 0 aromatic carbocycles. The summed E-state index contributed by atoms with van der Waals surface area (Å²) >= 11 is 0. The Morgan fingerprint density at radius 3 is 2.76 bits per heavy atom. The normalized spacial score (nSPS) is 46.0. The van der Waals surface area contributed by atoms with Crippen molar-refractivity contribution in [1.82, 2.24) is 0 Å². The van der Waals surface area contributed by atoms with E-state index in [1.165, 1.54) is 7.11 Å². The van der Waals surface area contributed by atoms with Gasteiger partial charge in [-0.15, -0.1) is 0 Å². The Balaban J connectivity index is 1.99. The third kappa shape index (κ3) is 2.15. The Bertz CT molecular complexity index is 485. The van der Waals surface area contributed by atoms with Crippen LogP contribution in [0.3, 0.4) is 0 Å². The molecule has 2 N–H and O–H groups in total. The summed E-state index contributed by atoms with van der Waals surface area (Å²) in [4.78, 5) is 12.1. The molecule has 1 aliphatic heterocycles. The van der Waals surface area contributed by atoms with Gasteiger partial charge in [0.1, 0.15) is 6.10 Å². The van der Waals surface area contributed by atoms with Gasteiger partial charge in [-0.05, 0) is 24.3 Å². The van der Waals surface area contributed by atoms with E-state index in [2.05, 4.69) is 13.2 Å². The molecule has 3 rings (SSSR count). The lowest BCUT2D eigenvalue weighted by Gasteiger charge is -2.28. The second-order valence-electron chi connectivity index (χ2n) is 6.43. The predicted molar refractivity (Wildman–Crippen MR) is 75.2 cm³/mol. The first kappa shape index (κ1) is 14.8. The van der Waals surface area contributed by atoms with Gasteiger partial charge in [-0.25, -0.2) is 0 Å². The molecule has 7 atom stereocenters. The van der Waals surface area contributed by atoms with E-state index in [1.807, 2.05) is 0 Å². The minimum Gasteiger partial charge on any atom is -0.461 e. The van der Waals surface area contributed by atoms with Gasteiger partial charge in [-0.3, -0.25) is 4.79 Å². The molecule has 5 nitrogen and oxygen atoms in total. The molecule has 0 aromatic heterocycles. The first-order chi connectivity index (χ1) is 9.95. The Kier molecular flexibility index (Phi) is 3.67. The third-order valence-corrected chi connectivity index (χ3v) is 5.31. The van der Waals surface area contributed by atoms with Crippen LogP contribution in [-0.2, 0) is 14.3 Å². The van der Waals surface area contributed by atoms with E-state index in [0.29, 0.717) is 18.4 Å². The van der Waals surface area contributed by atoms with Gasteiger partial charge in [-0.2, -0.15) is 0 Å². The van der Waals surface area contributed by atoms with E-state index in [4.69, 9.17) is 9.47 Å². The molecule has 5 heteroatoms. The molecular formula is C16H22O5. The molecule has 0 spiro atoms. The van der Waals surface area contributed by atoms with E-state index in [-0.39, 0.29) is 30.3 Å². The Hall–Kier alpha value is -1.17. The van der Waals surface area contributed by atoms with Crippen molar-refractivity contribution in [3.63, 3.8) is 0 Å². The number of carbonyl (C=O) groups is 1. The van der Waals surface area contributed by atoms with Gasteiger partial charge < -0.3 is 19.7 Å². The lowest BCUT2D eigenvalue weighted by atomic mass is 9.79. The molecule has 21 heavy (non-hydrogen) atoms. The maximum atomic E-state index is 12.1. The molecule has 3 fully saturated rings. The van der Waals surface area contributed by atoms with Gasteiger partial charge in [0.25, 0.3) is 0 Å². The van der Waals surface area contributed by atoms with Gasteiger partial charge in [0, 0.05) is 18.9 Å². The zero-order valence-corrected chi connectivity index (χ0v) is 12.2. The lowest BCUT2D eigenvalue weighted by molar-refractivity contribution is -0.146. The second kappa shape index (κ2) is 5.23. The minimum atomic E-state index is -0.676. The highest BCUT2D eigenvalue weighted by Crippen LogP contribution is 2.52. The van der Waals surface area contributed by atoms with Gasteiger partial charge in [-0.1, -0.05) is 18.7 Å². The molecule has 116 valence electrons. The van der Waals surface area contributed by atoms with Crippen molar-refractivity contribution in [2.45, 2.75) is 31.2 Å². The number of fused-ring (bicyclic) bond motifs is 3. The number of aliphatic hydroxyl groups is 2. The van der Waals surface area contributed by atoms with Crippen molar-refractivity contribution >= 4 is 5.97 Å². The molecule has 2 aliphatic carbocycles. The van der Waals surface area contributed by atoms with Crippen LogP contribution in [0.2, 0.25) is 0 Å². The highest BCUT2D eigenvalue weighted by atomic mass is 16.6. The first-order valence-corrected chi connectivity index (χ1v) is 7.37. The first-order valence-electron chi connectivity index (χ1n) is 7.37. The SMILES string of the molecule is C=C1CC(O)C2C(COC)C(=O)OC2C2C(=C)C(O)CC12. The average Bonchev–Trinajstić information content (AvgIpc) is 2.86. The van der Waals surface area contributed by atoms with E-state index in [1.54, 1.807) is 0 Å². The molecular weight excluding hydrogens is 272 g/mol. The summed E-state index contributed by atoms with van der Waals surface area (Å²) in [6.07, 6.45) is -0.733. The summed E-state index contributed by atoms with van der Waals surface area (Å²) in [6.45, 7) is 8.28. The van der Waals surface area contributed by atoms with Crippen molar-refractivity contribution in [3.8, 4) is 0 Å². The van der Waals surface area contributed by atoms with Crippen LogP contribution < -0.4 is 0 Å². The van der Waals surface area contributed by atoms with Crippen LogP contribution in [0, 0.1) is 23.7 Å². The van der Waals surface area contributed by atoms with Crippen molar-refractivity contribution in [2.24, 2.45) is 23.7 Å². The zero-order chi connectivity index (χ0) is 15.3. The fraction of sp³-hybridized carbons (Fsp3) is 0.688. The Morgan fingerprint density at radius 1 is 1.38 bits per heavy atom. The highest BCUT2D eigenvalue weighted by molar-refractivity contribution is 5.76. The molecule has 0 amide bonds. The zero-order valence-electron chi connectivity index (χ0n) is 12.2. The fourth-order valence-electron chi connectivity index (χ4n) is 4.28. The summed E-state index contributed by atoms with van der Waals surface area (Å²) in [5, 5.41) is 20.6. The number of rotatable bonds is 2. The summed E-state index contributed by atoms with van der Waals surface area (Å²) in [6, 6.07) is 0. The molecule has 2 saturated carbocycles. The van der Waals surface area contributed by atoms with E-state index in [0.717, 1.165) is 5.57 Å². The number of aliphatic hydroxyl groups excluding tert-OH is 2. The predicted octanol–water partition coefficient (Wildman–Crippen LogP) is 0.665. The summed E-state index contributed by atoms with van der Waals surface area (Å²) in [7, 11) is 1.53. The highest BCUT2D eigenvalue weighted by Gasteiger charge is 2.57. The Labute approximate surface area is 124 Å². The summed E-state index contributed by atoms with van der Waals surface area (Å²) in [5.74, 6) is -1.25. The van der Waals surface area contributed by atoms with Crippen LogP contribution in [0.4, 0.5) is 0 Å². The average molecular weight is 294 g/mol. The van der Waals surface area contributed by atoms with Crippen molar-refractivity contribution in [1.29, 1.82) is 0 Å². The van der Waals surface area contributed by atoms with Gasteiger partial charge >= 0.3 is 5.97 Å². The van der Waals surface area contributed by atoms with Gasteiger partial charge in [0.15, 0.2) is 0 Å². The molecule has 1 heterocycles. The van der Waals surface area contributed by atoms with Crippen LogP contribution >= 0.6 is 0 Å². The van der Waals surface area contributed by atoms with Crippen LogP contribution in [0.5, 0.6) is 0 Å². The molecule has 1 saturated heterocycles. The standard InChI is InChI=1S/C16H22O5/c1-7-4-12(18)14-10(6-20-3)16(19)21-15(14)13-8(2)11(17)5-9(7)13/h9-15,17-18H,1-2,4-6H2,3H3. The third-order valence-electron chi connectivity index (χ3n) is 5.31. The lowest BCUT2D eigenvalue weighted by Crippen LogP contribution is -2.37. The minimum absolute atomic E-state index is 0.0197. The smallest absolute Gasteiger partial charge is 0.312 e. The van der Waals surface area contributed by atoms with Crippen LogP contribution in [0.1, 0.15) is 12.8 Å². The summed E-state index contributed by atoms with van der Waals surface area (Å²) in [5.41, 5.74) is 1.60. The molecule has 0 aromatic rings. The monoisotopic (exact) mass is 294 g/mol. The maximum absolute atomic E-state index is 12.1. The second-order valence-corrected chi connectivity index (χ2v) is 6.43. The maximum Gasteiger partial charge on any atom is 0.312 e. The topological polar surface area (TPSA) is 76.0 Å². The van der Waals surface area contributed by atoms with Crippen LogP contribution in [0.25, 0.3) is 0 Å². The number of methoxy groups -OCH3 is 1. The number of esters is 1.